The van der Waals surface area contributed by atoms with E-state index in [0.29, 0.717) is 25.6 Å². The number of aliphatic imine (C=N–C) groups is 1. The average molecular weight is 568 g/mol. The van der Waals surface area contributed by atoms with Crippen LogP contribution in [-0.2, 0) is 23.1 Å². The molecule has 172 valence electrons. The molecule has 1 aromatic heterocycles. The summed E-state index contributed by atoms with van der Waals surface area (Å²) in [5.41, 5.74) is 4.89. The normalized spacial score (nSPS) is 11.7. The van der Waals surface area contributed by atoms with E-state index < -0.39 is 10.0 Å². The molecule has 3 aromatic rings. The van der Waals surface area contributed by atoms with E-state index in [4.69, 9.17) is 5.14 Å². The number of hydrogen-bond donors (Lipinski definition) is 3. The maximum atomic E-state index is 11.6. The van der Waals surface area contributed by atoms with Crippen LogP contribution in [0, 0.1) is 13.8 Å². The number of benzene rings is 2. The van der Waals surface area contributed by atoms with Gasteiger partial charge in [-0.25, -0.2) is 23.2 Å². The van der Waals surface area contributed by atoms with Crippen molar-refractivity contribution in [3.05, 3.63) is 77.1 Å². The SMILES string of the molecule is CCNC(=NCc1cccc(S(N)(=O)=O)c1)NCc1ccccc1-n1nc(C)cc1C.I. The highest BCUT2D eigenvalue weighted by atomic mass is 127. The average Bonchev–Trinajstić information content (AvgIpc) is 3.07. The lowest BCUT2D eigenvalue weighted by molar-refractivity contribution is 0.597. The Labute approximate surface area is 206 Å². The Kier molecular flexibility index (Phi) is 9.22. The highest BCUT2D eigenvalue weighted by molar-refractivity contribution is 14.0. The van der Waals surface area contributed by atoms with E-state index in [9.17, 15) is 8.42 Å². The molecule has 0 atom stereocenters. The lowest BCUT2D eigenvalue weighted by Gasteiger charge is -2.15. The predicted molar refractivity (Wildman–Crippen MR) is 138 cm³/mol. The van der Waals surface area contributed by atoms with Gasteiger partial charge in [0, 0.05) is 18.8 Å². The molecule has 0 aliphatic heterocycles. The fraction of sp³-hybridized carbons (Fsp3) is 0.273. The van der Waals surface area contributed by atoms with Crippen LogP contribution in [0.5, 0.6) is 0 Å². The van der Waals surface area contributed by atoms with Crippen molar-refractivity contribution in [1.82, 2.24) is 20.4 Å². The summed E-state index contributed by atoms with van der Waals surface area (Å²) >= 11 is 0. The Bertz CT molecular complexity index is 1190. The fourth-order valence-electron chi connectivity index (χ4n) is 3.25. The van der Waals surface area contributed by atoms with E-state index in [1.807, 2.05) is 55.8 Å². The Morgan fingerprint density at radius 3 is 2.50 bits per heavy atom. The highest BCUT2D eigenvalue weighted by Crippen LogP contribution is 2.17. The summed E-state index contributed by atoms with van der Waals surface area (Å²) in [6, 6.07) is 16.6. The van der Waals surface area contributed by atoms with E-state index in [0.717, 1.165) is 28.2 Å². The lowest BCUT2D eigenvalue weighted by Crippen LogP contribution is -2.37. The maximum absolute atomic E-state index is 11.6. The minimum Gasteiger partial charge on any atom is -0.357 e. The first-order chi connectivity index (χ1) is 14.8. The molecule has 0 radical (unpaired) electrons. The lowest BCUT2D eigenvalue weighted by atomic mass is 10.1. The molecule has 3 rings (SSSR count). The van der Waals surface area contributed by atoms with E-state index in [-0.39, 0.29) is 28.9 Å². The van der Waals surface area contributed by atoms with Crippen LogP contribution < -0.4 is 15.8 Å². The van der Waals surface area contributed by atoms with E-state index in [1.54, 1.807) is 12.1 Å². The van der Waals surface area contributed by atoms with E-state index >= 15 is 0 Å². The molecule has 4 N–H and O–H groups in total. The van der Waals surface area contributed by atoms with Gasteiger partial charge in [0.1, 0.15) is 0 Å². The van der Waals surface area contributed by atoms with Crippen molar-refractivity contribution in [2.45, 2.75) is 38.8 Å². The topological polar surface area (TPSA) is 114 Å². The number of nitrogens with one attached hydrogen (secondary N) is 2. The molecule has 0 aliphatic rings. The van der Waals surface area contributed by atoms with Gasteiger partial charge < -0.3 is 10.6 Å². The predicted octanol–water partition coefficient (Wildman–Crippen LogP) is 3.01. The number of halogens is 1. The molecule has 0 unspecified atom stereocenters. The molecule has 1 heterocycles. The zero-order valence-corrected chi connectivity index (χ0v) is 21.5. The van der Waals surface area contributed by atoms with Crippen molar-refractivity contribution in [2.75, 3.05) is 6.54 Å². The van der Waals surface area contributed by atoms with Crippen LogP contribution in [0.2, 0.25) is 0 Å². The standard InChI is InChI=1S/C22H28N6O2S.HI/c1-4-24-22(25-14-18-8-7-10-20(13-18)31(23,29)30)26-15-19-9-5-6-11-21(19)28-17(3)12-16(2)27-28;/h5-13H,4,14-15H2,1-3H3,(H2,23,29,30)(H2,24,25,26);1H. The van der Waals surface area contributed by atoms with Crippen LogP contribution >= 0.6 is 24.0 Å². The van der Waals surface area contributed by atoms with Gasteiger partial charge in [0.2, 0.25) is 10.0 Å². The number of rotatable bonds is 7. The smallest absolute Gasteiger partial charge is 0.238 e. The van der Waals surface area contributed by atoms with Crippen molar-refractivity contribution in [3.63, 3.8) is 0 Å². The molecule has 0 aliphatic carbocycles. The van der Waals surface area contributed by atoms with Crippen LogP contribution in [-0.4, -0.2) is 30.7 Å². The van der Waals surface area contributed by atoms with Gasteiger partial charge in [0.25, 0.3) is 0 Å². The number of aryl methyl sites for hydroxylation is 2. The minimum atomic E-state index is -3.74. The molecule has 0 saturated heterocycles. The van der Waals surface area contributed by atoms with Crippen molar-refractivity contribution in [2.24, 2.45) is 10.1 Å². The van der Waals surface area contributed by atoms with Crippen molar-refractivity contribution >= 4 is 40.0 Å². The molecule has 0 spiro atoms. The van der Waals surface area contributed by atoms with Crippen LogP contribution in [0.4, 0.5) is 0 Å². The molecule has 0 saturated carbocycles. The van der Waals surface area contributed by atoms with Crippen LogP contribution in [0.3, 0.4) is 0 Å². The molecule has 0 bridgehead atoms. The molecular formula is C22H29IN6O2S. The van der Waals surface area contributed by atoms with Crippen LogP contribution in [0.1, 0.15) is 29.4 Å². The van der Waals surface area contributed by atoms with Gasteiger partial charge in [-0.3, -0.25) is 0 Å². The molecular weight excluding hydrogens is 539 g/mol. The Morgan fingerprint density at radius 2 is 1.84 bits per heavy atom. The van der Waals surface area contributed by atoms with E-state index in [1.165, 1.54) is 6.07 Å². The van der Waals surface area contributed by atoms with Crippen LogP contribution in [0.15, 0.2) is 64.5 Å². The number of guanidine groups is 1. The van der Waals surface area contributed by atoms with E-state index in [2.05, 4.69) is 26.8 Å². The number of nitrogens with two attached hydrogens (primary N) is 1. The van der Waals surface area contributed by atoms with Gasteiger partial charge in [-0.1, -0.05) is 30.3 Å². The summed E-state index contributed by atoms with van der Waals surface area (Å²) in [7, 11) is -3.74. The maximum Gasteiger partial charge on any atom is 0.238 e. The minimum absolute atomic E-state index is 0. The summed E-state index contributed by atoms with van der Waals surface area (Å²) < 4.78 is 25.1. The van der Waals surface area contributed by atoms with Gasteiger partial charge >= 0.3 is 0 Å². The number of para-hydroxylation sites is 1. The van der Waals surface area contributed by atoms with Crippen LogP contribution in [0.25, 0.3) is 5.69 Å². The molecule has 2 aromatic carbocycles. The van der Waals surface area contributed by atoms with Gasteiger partial charge in [-0.2, -0.15) is 5.10 Å². The Balaban J connectivity index is 0.00000363. The first-order valence-electron chi connectivity index (χ1n) is 10.0. The summed E-state index contributed by atoms with van der Waals surface area (Å²) in [6.45, 7) is 7.57. The second-order valence-electron chi connectivity index (χ2n) is 7.21. The second kappa shape index (κ2) is 11.4. The summed E-state index contributed by atoms with van der Waals surface area (Å²) in [5.74, 6) is 0.631. The number of hydrogen-bond acceptors (Lipinski definition) is 4. The van der Waals surface area contributed by atoms with Crippen molar-refractivity contribution in [1.29, 1.82) is 0 Å². The Hall–Kier alpha value is -2.44. The summed E-state index contributed by atoms with van der Waals surface area (Å²) in [6.07, 6.45) is 0. The first-order valence-corrected chi connectivity index (χ1v) is 11.6. The third-order valence-electron chi connectivity index (χ3n) is 4.67. The first kappa shape index (κ1) is 25.8. The molecule has 32 heavy (non-hydrogen) atoms. The monoisotopic (exact) mass is 568 g/mol. The number of aromatic nitrogens is 2. The zero-order valence-electron chi connectivity index (χ0n) is 18.4. The third-order valence-corrected chi connectivity index (χ3v) is 5.58. The summed E-state index contributed by atoms with van der Waals surface area (Å²) in [4.78, 5) is 4.66. The zero-order chi connectivity index (χ0) is 22.4. The number of sulfonamides is 1. The second-order valence-corrected chi connectivity index (χ2v) is 8.77. The summed E-state index contributed by atoms with van der Waals surface area (Å²) in [5, 5.41) is 16.4. The van der Waals surface area contributed by atoms with Gasteiger partial charge in [-0.15, -0.1) is 24.0 Å². The Morgan fingerprint density at radius 1 is 1.09 bits per heavy atom. The molecule has 0 amide bonds. The number of primary sulfonamides is 1. The van der Waals surface area contributed by atoms with Gasteiger partial charge in [0.15, 0.2) is 5.96 Å². The fourth-order valence-corrected chi connectivity index (χ4v) is 3.84. The third kappa shape index (κ3) is 6.78. The number of nitrogens with zero attached hydrogens (tertiary/aromatic N) is 3. The van der Waals surface area contributed by atoms with Crippen molar-refractivity contribution < 1.29 is 8.42 Å². The molecule has 10 heteroatoms. The highest BCUT2D eigenvalue weighted by Gasteiger charge is 2.10. The molecule has 0 fully saturated rings. The largest absolute Gasteiger partial charge is 0.357 e. The molecule has 8 nitrogen and oxygen atoms in total. The van der Waals surface area contributed by atoms with Gasteiger partial charge in [0.05, 0.1) is 22.8 Å². The van der Waals surface area contributed by atoms with Gasteiger partial charge in [-0.05, 0) is 56.2 Å². The van der Waals surface area contributed by atoms with Crippen molar-refractivity contribution in [3.8, 4) is 5.69 Å². The quantitative estimate of drug-likeness (QED) is 0.230.